The van der Waals surface area contributed by atoms with Gasteiger partial charge >= 0.3 is 6.18 Å². The number of hydrogen-bond donors (Lipinski definition) is 3. The average Bonchev–Trinajstić information content (AvgIpc) is 2.86. The molecule has 110 valence electrons. The molecule has 0 bridgehead atoms. The molecule has 4 N–H and O–H groups in total. The molecule has 1 unspecified atom stereocenters. The zero-order valence-electron chi connectivity index (χ0n) is 11.0. The Morgan fingerprint density at radius 2 is 2.20 bits per heavy atom. The molecule has 1 atom stereocenters. The molecule has 0 saturated heterocycles. The van der Waals surface area contributed by atoms with Crippen LogP contribution >= 0.6 is 0 Å². The van der Waals surface area contributed by atoms with Crippen molar-refractivity contribution in [3.63, 3.8) is 0 Å². The van der Waals surface area contributed by atoms with Crippen LogP contribution < -0.4 is 16.4 Å². The van der Waals surface area contributed by atoms with Crippen LogP contribution in [0.3, 0.4) is 0 Å². The summed E-state index contributed by atoms with van der Waals surface area (Å²) in [5.41, 5.74) is 5.42. The molecular weight excluding hydrogens is 273 g/mol. The fraction of sp³-hybridized carbons (Fsp3) is 0.455. The number of nitrogens with zero attached hydrogens (tertiary/aromatic N) is 3. The van der Waals surface area contributed by atoms with E-state index in [2.05, 4.69) is 20.7 Å². The maximum absolute atomic E-state index is 12.8. The van der Waals surface area contributed by atoms with E-state index in [1.807, 2.05) is 6.92 Å². The second-order valence-corrected chi connectivity index (χ2v) is 4.24. The fourth-order valence-corrected chi connectivity index (χ4v) is 1.80. The smallest absolute Gasteiger partial charge is 0.374 e. The molecular formula is C11H15F3N6. The number of nitrogens with two attached hydrogens (primary N) is 1. The van der Waals surface area contributed by atoms with Crippen molar-refractivity contribution in [2.45, 2.75) is 25.4 Å². The third kappa shape index (κ3) is 2.48. The van der Waals surface area contributed by atoms with Crippen LogP contribution in [-0.4, -0.2) is 29.2 Å². The van der Waals surface area contributed by atoms with Crippen molar-refractivity contribution >= 4 is 6.21 Å². The fourth-order valence-electron chi connectivity index (χ4n) is 1.80. The van der Waals surface area contributed by atoms with Gasteiger partial charge in [-0.1, -0.05) is 0 Å². The number of aryl methyl sites for hydroxylation is 1. The van der Waals surface area contributed by atoms with Gasteiger partial charge in [-0.2, -0.15) is 18.3 Å². The highest BCUT2D eigenvalue weighted by Crippen LogP contribution is 2.30. The summed E-state index contributed by atoms with van der Waals surface area (Å²) in [6.45, 7) is 2.51. The van der Waals surface area contributed by atoms with Crippen LogP contribution in [0.25, 0.3) is 0 Å². The van der Waals surface area contributed by atoms with Gasteiger partial charge in [0.25, 0.3) is 0 Å². The first-order valence-electron chi connectivity index (χ1n) is 5.95. The lowest BCUT2D eigenvalue weighted by Gasteiger charge is -2.31. The Balaban J connectivity index is 2.35. The molecule has 1 aliphatic heterocycles. The minimum absolute atomic E-state index is 0.235. The van der Waals surface area contributed by atoms with Gasteiger partial charge in [-0.05, 0) is 13.0 Å². The van der Waals surface area contributed by atoms with Crippen LogP contribution in [0.5, 0.6) is 0 Å². The Bertz CT molecular complexity index is 559. The lowest BCUT2D eigenvalue weighted by molar-refractivity contribution is -0.0876. The molecule has 2 rings (SSSR count). The largest absolute Gasteiger partial charge is 0.421 e. The van der Waals surface area contributed by atoms with Crippen LogP contribution in [0.2, 0.25) is 0 Å². The zero-order valence-corrected chi connectivity index (χ0v) is 11.0. The number of alkyl halides is 3. The Kier molecular flexibility index (Phi) is 3.46. The van der Waals surface area contributed by atoms with Gasteiger partial charge in [0, 0.05) is 26.0 Å². The van der Waals surface area contributed by atoms with Crippen molar-refractivity contribution in [2.75, 3.05) is 7.05 Å². The van der Waals surface area contributed by atoms with E-state index in [0.717, 1.165) is 0 Å². The van der Waals surface area contributed by atoms with Gasteiger partial charge in [-0.15, -0.1) is 0 Å². The van der Waals surface area contributed by atoms with Crippen molar-refractivity contribution in [1.82, 2.24) is 20.4 Å². The van der Waals surface area contributed by atoms with E-state index in [0.29, 0.717) is 18.5 Å². The minimum atomic E-state index is -4.51. The summed E-state index contributed by atoms with van der Waals surface area (Å²) >= 11 is 0. The van der Waals surface area contributed by atoms with Crippen molar-refractivity contribution < 1.29 is 13.2 Å². The molecule has 1 aromatic heterocycles. The molecule has 1 aromatic rings. The molecule has 20 heavy (non-hydrogen) atoms. The highest BCUT2D eigenvalue weighted by Gasteiger charge is 2.41. The van der Waals surface area contributed by atoms with Gasteiger partial charge in [0.15, 0.2) is 0 Å². The van der Waals surface area contributed by atoms with E-state index in [4.69, 9.17) is 5.73 Å². The molecule has 0 aromatic carbocycles. The summed E-state index contributed by atoms with van der Waals surface area (Å²) in [6.07, 6.45) is -2.12. The van der Waals surface area contributed by atoms with Crippen LogP contribution in [0, 0.1) is 0 Å². The molecule has 2 heterocycles. The standard InChI is InChI=1S/C11H15F3N6/c1-3-20-5-4-8(19-20)11(15)17-6-7(10(12,13)14)9(16-2)18-11/h4-6,16,18H,3,15H2,1-2H3. The first-order valence-corrected chi connectivity index (χ1v) is 5.95. The third-order valence-corrected chi connectivity index (χ3v) is 2.89. The van der Waals surface area contributed by atoms with Crippen LogP contribution in [0.15, 0.2) is 28.6 Å². The molecule has 9 heteroatoms. The van der Waals surface area contributed by atoms with Gasteiger partial charge in [0.2, 0.25) is 5.79 Å². The number of hydrogen-bond acceptors (Lipinski definition) is 5. The SMILES string of the molecule is CCn1ccc(C2(N)N=CC(C(F)(F)F)=C(NC)N2)n1. The number of allylic oxidation sites excluding steroid dienone is 1. The van der Waals surface area contributed by atoms with Crippen molar-refractivity contribution in [2.24, 2.45) is 10.7 Å². The summed E-state index contributed by atoms with van der Waals surface area (Å²) in [6, 6.07) is 1.61. The van der Waals surface area contributed by atoms with E-state index >= 15 is 0 Å². The van der Waals surface area contributed by atoms with Crippen LogP contribution in [0.4, 0.5) is 13.2 Å². The first kappa shape index (κ1) is 14.4. The molecule has 6 nitrogen and oxygen atoms in total. The Morgan fingerprint density at radius 3 is 2.70 bits per heavy atom. The summed E-state index contributed by atoms with van der Waals surface area (Å²) < 4.78 is 40.0. The average molecular weight is 288 g/mol. The Morgan fingerprint density at radius 1 is 1.50 bits per heavy atom. The number of halogens is 3. The van der Waals surface area contributed by atoms with Gasteiger partial charge < -0.3 is 10.6 Å². The maximum atomic E-state index is 12.8. The van der Waals surface area contributed by atoms with E-state index in [1.54, 1.807) is 16.9 Å². The lowest BCUT2D eigenvalue weighted by atomic mass is 10.1. The number of rotatable bonds is 3. The highest BCUT2D eigenvalue weighted by atomic mass is 19.4. The molecule has 0 fully saturated rings. The summed E-state index contributed by atoms with van der Waals surface area (Å²) in [7, 11) is 1.37. The number of aliphatic imine (C=N–C) groups is 1. The van der Waals surface area contributed by atoms with Gasteiger partial charge in [0.1, 0.15) is 17.1 Å². The molecule has 0 radical (unpaired) electrons. The second kappa shape index (κ2) is 4.82. The molecule has 0 saturated carbocycles. The molecule has 0 aliphatic carbocycles. The zero-order chi connectivity index (χ0) is 15.0. The summed E-state index contributed by atoms with van der Waals surface area (Å²) in [5.74, 6) is -1.76. The van der Waals surface area contributed by atoms with Crippen molar-refractivity contribution in [1.29, 1.82) is 0 Å². The van der Waals surface area contributed by atoms with Gasteiger partial charge in [0.05, 0.1) is 0 Å². The van der Waals surface area contributed by atoms with Gasteiger partial charge in [-0.3, -0.25) is 10.4 Å². The van der Waals surface area contributed by atoms with Crippen LogP contribution in [0.1, 0.15) is 12.6 Å². The van der Waals surface area contributed by atoms with E-state index in [1.165, 1.54) is 7.05 Å². The van der Waals surface area contributed by atoms with Crippen LogP contribution in [-0.2, 0) is 12.3 Å². The molecule has 0 amide bonds. The van der Waals surface area contributed by atoms with Gasteiger partial charge in [-0.25, -0.2) is 4.99 Å². The summed E-state index contributed by atoms with van der Waals surface area (Å²) in [5, 5.41) is 9.16. The summed E-state index contributed by atoms with van der Waals surface area (Å²) in [4.78, 5) is 3.77. The molecule has 0 spiro atoms. The first-order chi connectivity index (χ1) is 9.30. The normalized spacial score (nSPS) is 22.9. The second-order valence-electron chi connectivity index (χ2n) is 4.24. The molecule has 1 aliphatic rings. The van der Waals surface area contributed by atoms with E-state index in [-0.39, 0.29) is 5.82 Å². The van der Waals surface area contributed by atoms with Crippen molar-refractivity contribution in [3.8, 4) is 0 Å². The third-order valence-electron chi connectivity index (χ3n) is 2.89. The quantitative estimate of drug-likeness (QED) is 0.762. The Hall–Kier alpha value is -2.03. The predicted molar refractivity (Wildman–Crippen MR) is 67.5 cm³/mol. The highest BCUT2D eigenvalue weighted by molar-refractivity contribution is 5.82. The topological polar surface area (TPSA) is 80.3 Å². The lowest BCUT2D eigenvalue weighted by Crippen LogP contribution is -2.54. The predicted octanol–water partition coefficient (Wildman–Crippen LogP) is 0.639. The maximum Gasteiger partial charge on any atom is 0.421 e. The van der Waals surface area contributed by atoms with E-state index < -0.39 is 17.5 Å². The van der Waals surface area contributed by atoms with E-state index in [9.17, 15) is 13.2 Å². The number of nitrogens with one attached hydrogen (secondary N) is 2. The number of aromatic nitrogens is 2. The monoisotopic (exact) mass is 288 g/mol. The van der Waals surface area contributed by atoms with Crippen molar-refractivity contribution in [3.05, 3.63) is 29.4 Å². The minimum Gasteiger partial charge on any atom is -0.374 e. The Labute approximate surface area is 113 Å².